The van der Waals surface area contributed by atoms with Gasteiger partial charge in [0, 0.05) is 12.8 Å². The summed E-state index contributed by atoms with van der Waals surface area (Å²) >= 11 is 0. The Kier molecular flexibility index (Phi) is 6.28. The molecule has 0 saturated carbocycles. The molecule has 7 heteroatoms. The minimum Gasteiger partial charge on any atom is -0.497 e. The lowest BCUT2D eigenvalue weighted by Gasteiger charge is -2.14. The van der Waals surface area contributed by atoms with Crippen molar-refractivity contribution in [2.75, 3.05) is 7.11 Å². The number of aromatic hydroxyl groups is 1. The van der Waals surface area contributed by atoms with Crippen molar-refractivity contribution < 1.29 is 14.2 Å². The van der Waals surface area contributed by atoms with Gasteiger partial charge >= 0.3 is 0 Å². The number of methoxy groups -OCH3 is 1. The number of hydrogen-bond acceptors (Lipinski definition) is 5. The van der Waals surface area contributed by atoms with Crippen molar-refractivity contribution in [2.24, 2.45) is 4.99 Å². The van der Waals surface area contributed by atoms with Gasteiger partial charge in [-0.1, -0.05) is 12.1 Å². The smallest absolute Gasteiger partial charge is 0.271 e. The Hall–Kier alpha value is -3.92. The number of aryl methyl sites for hydroxylation is 1. The molecule has 3 rings (SSSR count). The fourth-order valence-electron chi connectivity index (χ4n) is 3.03. The average Bonchev–Trinajstić information content (AvgIpc) is 2.75. The number of aliphatic imine (C=N–C) groups is 1. The molecule has 0 fully saturated rings. The predicted molar refractivity (Wildman–Crippen MR) is 112 cm³/mol. The maximum absolute atomic E-state index is 13.1. The van der Waals surface area contributed by atoms with E-state index in [1.165, 1.54) is 35.0 Å². The van der Waals surface area contributed by atoms with E-state index >= 15 is 0 Å². The van der Waals surface area contributed by atoms with Gasteiger partial charge in [0.15, 0.2) is 0 Å². The average molecular weight is 405 g/mol. The van der Waals surface area contributed by atoms with Crippen LogP contribution in [0.5, 0.6) is 11.6 Å². The molecule has 0 amide bonds. The predicted octanol–water partition coefficient (Wildman–Crippen LogP) is 3.88. The third kappa shape index (κ3) is 4.39. The monoisotopic (exact) mass is 405 g/mol. The second-order valence-electron chi connectivity index (χ2n) is 6.64. The van der Waals surface area contributed by atoms with Crippen LogP contribution < -0.4 is 10.3 Å². The summed E-state index contributed by atoms with van der Waals surface area (Å²) in [6.45, 7) is 1.77. The Balaban J connectivity index is 1.96. The van der Waals surface area contributed by atoms with Crippen LogP contribution in [0.1, 0.15) is 22.3 Å². The quantitative estimate of drug-likeness (QED) is 0.631. The Morgan fingerprint density at radius 1 is 1.20 bits per heavy atom. The fourth-order valence-corrected chi connectivity index (χ4v) is 3.03. The lowest BCUT2D eigenvalue weighted by Crippen LogP contribution is -2.26. The van der Waals surface area contributed by atoms with Crippen LogP contribution in [-0.4, -0.2) is 23.0 Å². The molecule has 1 heterocycles. The van der Waals surface area contributed by atoms with Crippen molar-refractivity contribution in [3.8, 4) is 17.7 Å². The molecule has 1 aromatic heterocycles. The van der Waals surface area contributed by atoms with Crippen LogP contribution in [0.15, 0.2) is 58.3 Å². The molecule has 0 aliphatic rings. The maximum Gasteiger partial charge on any atom is 0.271 e. The fraction of sp³-hybridized carbons (Fsp3) is 0.174. The Morgan fingerprint density at radius 3 is 2.47 bits per heavy atom. The molecule has 0 unspecified atom stereocenters. The van der Waals surface area contributed by atoms with E-state index in [0.717, 1.165) is 11.3 Å². The minimum absolute atomic E-state index is 0.0527. The van der Waals surface area contributed by atoms with Crippen molar-refractivity contribution in [1.29, 1.82) is 5.26 Å². The van der Waals surface area contributed by atoms with E-state index in [4.69, 9.17) is 4.74 Å². The normalized spacial score (nSPS) is 10.9. The second-order valence-corrected chi connectivity index (χ2v) is 6.64. The summed E-state index contributed by atoms with van der Waals surface area (Å²) in [5.74, 6) is 0.0721. The highest BCUT2D eigenvalue weighted by molar-refractivity contribution is 5.87. The van der Waals surface area contributed by atoms with Crippen LogP contribution in [0.25, 0.3) is 0 Å². The van der Waals surface area contributed by atoms with E-state index in [0.29, 0.717) is 17.7 Å². The van der Waals surface area contributed by atoms with Crippen molar-refractivity contribution >= 4 is 11.9 Å². The molecule has 1 N–H and O–H groups in total. The number of halogens is 1. The van der Waals surface area contributed by atoms with Crippen LogP contribution in [0, 0.1) is 24.1 Å². The number of hydrogen-bond donors (Lipinski definition) is 1. The Labute approximate surface area is 173 Å². The van der Waals surface area contributed by atoms with Gasteiger partial charge in [-0.25, -0.2) is 4.39 Å². The van der Waals surface area contributed by atoms with E-state index in [9.17, 15) is 19.6 Å². The van der Waals surface area contributed by atoms with Crippen LogP contribution in [-0.2, 0) is 13.0 Å². The highest BCUT2D eigenvalue weighted by Gasteiger charge is 2.18. The third-order valence-corrected chi connectivity index (χ3v) is 4.80. The SMILES string of the molecule is COc1ccc(CCn2c(O)c(C=Nc3ccc(F)cc3)c(C)c(C#N)c2=O)cc1. The van der Waals surface area contributed by atoms with Crippen molar-refractivity contribution in [2.45, 2.75) is 19.9 Å². The molecule has 0 aliphatic heterocycles. The van der Waals surface area contributed by atoms with E-state index in [1.807, 2.05) is 30.3 Å². The van der Waals surface area contributed by atoms with Gasteiger partial charge in [0.2, 0.25) is 5.88 Å². The first kappa shape index (κ1) is 20.8. The molecule has 2 aromatic carbocycles. The molecule has 3 aromatic rings. The number of benzene rings is 2. The van der Waals surface area contributed by atoms with Crippen LogP contribution in [0.3, 0.4) is 0 Å². The molecular formula is C23H20FN3O3. The number of pyridine rings is 1. The van der Waals surface area contributed by atoms with Gasteiger partial charge in [-0.05, 0) is 60.9 Å². The zero-order valence-electron chi connectivity index (χ0n) is 16.6. The molecule has 152 valence electrons. The van der Waals surface area contributed by atoms with Crippen molar-refractivity contribution in [3.05, 3.63) is 87.0 Å². The van der Waals surface area contributed by atoms with Crippen molar-refractivity contribution in [1.82, 2.24) is 4.57 Å². The standard InChI is InChI=1S/C23H20FN3O3/c1-15-20(13-25)22(28)27(12-11-16-3-9-19(30-2)10-4-16)23(29)21(15)14-26-18-7-5-17(24)6-8-18/h3-10,14,29H,11-12H2,1-2H3. The lowest BCUT2D eigenvalue weighted by atomic mass is 10.1. The molecule has 0 aliphatic carbocycles. The van der Waals surface area contributed by atoms with E-state index in [1.54, 1.807) is 14.0 Å². The first-order valence-corrected chi connectivity index (χ1v) is 9.23. The summed E-state index contributed by atoms with van der Waals surface area (Å²) < 4.78 is 19.4. The van der Waals surface area contributed by atoms with Gasteiger partial charge in [0.05, 0.1) is 18.4 Å². The summed E-state index contributed by atoms with van der Waals surface area (Å²) in [6, 6.07) is 14.8. The number of ether oxygens (including phenoxy) is 1. The summed E-state index contributed by atoms with van der Waals surface area (Å²) in [6.07, 6.45) is 1.85. The van der Waals surface area contributed by atoms with Crippen LogP contribution in [0.4, 0.5) is 10.1 Å². The first-order valence-electron chi connectivity index (χ1n) is 9.23. The topological polar surface area (TPSA) is 87.6 Å². The van der Waals surface area contributed by atoms with Crippen molar-refractivity contribution in [3.63, 3.8) is 0 Å². The molecule has 30 heavy (non-hydrogen) atoms. The van der Waals surface area contributed by atoms with Gasteiger partial charge in [-0.2, -0.15) is 5.26 Å². The molecule has 0 bridgehead atoms. The van der Waals surface area contributed by atoms with Gasteiger partial charge < -0.3 is 9.84 Å². The number of nitriles is 1. The summed E-state index contributed by atoms with van der Waals surface area (Å²) in [4.78, 5) is 16.9. The van der Waals surface area contributed by atoms with E-state index < -0.39 is 5.56 Å². The molecule has 0 spiro atoms. The third-order valence-electron chi connectivity index (χ3n) is 4.80. The largest absolute Gasteiger partial charge is 0.497 e. The molecule has 0 radical (unpaired) electrons. The van der Waals surface area contributed by atoms with Gasteiger partial charge in [0.1, 0.15) is 23.2 Å². The second kappa shape index (κ2) is 9.05. The highest BCUT2D eigenvalue weighted by atomic mass is 19.1. The Bertz CT molecular complexity index is 1170. The zero-order valence-corrected chi connectivity index (χ0v) is 16.6. The first-order chi connectivity index (χ1) is 14.4. The summed E-state index contributed by atoms with van der Waals surface area (Å²) in [5.41, 5.74) is 1.42. The molecule has 0 atom stereocenters. The minimum atomic E-state index is -0.556. The van der Waals surface area contributed by atoms with E-state index in [2.05, 4.69) is 4.99 Å². The number of nitrogens with zero attached hydrogens (tertiary/aromatic N) is 3. The molecule has 0 saturated heterocycles. The summed E-state index contributed by atoms with van der Waals surface area (Å²) in [5, 5.41) is 20.2. The van der Waals surface area contributed by atoms with Crippen LogP contribution in [0.2, 0.25) is 0 Å². The zero-order chi connectivity index (χ0) is 21.7. The maximum atomic E-state index is 13.1. The van der Waals surface area contributed by atoms with Gasteiger partial charge in [0.25, 0.3) is 5.56 Å². The number of aromatic nitrogens is 1. The van der Waals surface area contributed by atoms with Crippen LogP contribution >= 0.6 is 0 Å². The van der Waals surface area contributed by atoms with E-state index in [-0.39, 0.29) is 29.4 Å². The highest BCUT2D eigenvalue weighted by Crippen LogP contribution is 2.22. The molecular weight excluding hydrogens is 385 g/mol. The van der Waals surface area contributed by atoms with Gasteiger partial charge in [-0.3, -0.25) is 14.4 Å². The van der Waals surface area contributed by atoms with Gasteiger partial charge in [-0.15, -0.1) is 0 Å². The number of rotatable bonds is 6. The Morgan fingerprint density at radius 2 is 1.87 bits per heavy atom. The summed E-state index contributed by atoms with van der Waals surface area (Å²) in [7, 11) is 1.58. The lowest BCUT2D eigenvalue weighted by molar-refractivity contribution is 0.404. The molecule has 6 nitrogen and oxygen atoms in total.